The Morgan fingerprint density at radius 2 is 1.50 bits per heavy atom. The number of hydrogen-bond acceptors (Lipinski definition) is 3. The molecule has 0 aliphatic heterocycles. The van der Waals surface area contributed by atoms with Gasteiger partial charge in [-0.2, -0.15) is 0 Å². The highest BCUT2D eigenvalue weighted by atomic mass is 16.5. The van der Waals surface area contributed by atoms with E-state index in [2.05, 4.69) is 32.9 Å². The first-order valence-electron chi connectivity index (χ1n) is 6.51. The Hall–Kier alpha value is -1.22. The van der Waals surface area contributed by atoms with Crippen LogP contribution in [-0.2, 0) is 0 Å². The first-order chi connectivity index (χ1) is 8.54. The van der Waals surface area contributed by atoms with Gasteiger partial charge in [-0.1, -0.05) is 20.8 Å². The van der Waals surface area contributed by atoms with Crippen molar-refractivity contribution in [3.8, 4) is 11.5 Å². The van der Waals surface area contributed by atoms with Crippen molar-refractivity contribution in [2.24, 2.45) is 5.73 Å². The van der Waals surface area contributed by atoms with Gasteiger partial charge in [-0.15, -0.1) is 0 Å². The lowest BCUT2D eigenvalue weighted by molar-refractivity contribution is 0.353. The van der Waals surface area contributed by atoms with Gasteiger partial charge in [0.2, 0.25) is 0 Å². The van der Waals surface area contributed by atoms with Gasteiger partial charge in [0, 0.05) is 0 Å². The van der Waals surface area contributed by atoms with Crippen molar-refractivity contribution in [3.63, 3.8) is 0 Å². The number of ether oxygens (including phenoxy) is 2. The molecule has 0 aromatic heterocycles. The lowest BCUT2D eigenvalue weighted by atomic mass is 9.87. The van der Waals surface area contributed by atoms with Crippen LogP contribution in [0.3, 0.4) is 0 Å². The van der Waals surface area contributed by atoms with E-state index in [1.807, 2.05) is 0 Å². The highest BCUT2D eigenvalue weighted by Gasteiger charge is 2.17. The number of hydrogen-bond donors (Lipinski definition) is 1. The fraction of sp³-hybridized carbons (Fsp3) is 0.600. The summed E-state index contributed by atoms with van der Waals surface area (Å²) in [5, 5.41) is 0. The fourth-order valence-electron chi connectivity index (χ4n) is 2.24. The fourth-order valence-corrected chi connectivity index (χ4v) is 2.24. The average Bonchev–Trinajstić information content (AvgIpc) is 2.37. The van der Waals surface area contributed by atoms with Gasteiger partial charge in [0.1, 0.15) is 0 Å². The van der Waals surface area contributed by atoms with Crippen molar-refractivity contribution in [2.45, 2.75) is 39.0 Å². The standard InChI is InChI=1S/C15H25NO2/c1-10(2)12-8-14(17-4)15(18-5)9-13(12)11(3)6-7-16/h8-11H,6-7,16H2,1-5H3. The van der Waals surface area contributed by atoms with Crippen LogP contribution in [0.25, 0.3) is 0 Å². The molecule has 1 rings (SSSR count). The topological polar surface area (TPSA) is 44.5 Å². The Labute approximate surface area is 110 Å². The maximum absolute atomic E-state index is 5.66. The molecule has 0 radical (unpaired) electrons. The third kappa shape index (κ3) is 3.16. The SMILES string of the molecule is COc1cc(C(C)C)c(C(C)CCN)cc1OC. The van der Waals surface area contributed by atoms with E-state index in [1.165, 1.54) is 11.1 Å². The van der Waals surface area contributed by atoms with Crippen molar-refractivity contribution in [3.05, 3.63) is 23.3 Å². The summed E-state index contributed by atoms with van der Waals surface area (Å²) >= 11 is 0. The maximum atomic E-state index is 5.66. The third-order valence-corrected chi connectivity index (χ3v) is 3.34. The molecule has 18 heavy (non-hydrogen) atoms. The average molecular weight is 251 g/mol. The minimum atomic E-state index is 0.437. The van der Waals surface area contributed by atoms with Crippen LogP contribution in [0.1, 0.15) is 50.2 Å². The Kier molecular flexibility index (Phi) is 5.48. The van der Waals surface area contributed by atoms with Gasteiger partial charge in [-0.3, -0.25) is 0 Å². The third-order valence-electron chi connectivity index (χ3n) is 3.34. The minimum Gasteiger partial charge on any atom is -0.493 e. The first-order valence-corrected chi connectivity index (χ1v) is 6.51. The molecule has 1 atom stereocenters. The second kappa shape index (κ2) is 6.64. The highest BCUT2D eigenvalue weighted by molar-refractivity contribution is 5.49. The molecule has 0 fully saturated rings. The zero-order valence-electron chi connectivity index (χ0n) is 12.1. The van der Waals surface area contributed by atoms with Crippen LogP contribution in [0, 0.1) is 0 Å². The normalized spacial score (nSPS) is 12.6. The van der Waals surface area contributed by atoms with Gasteiger partial charge in [0.05, 0.1) is 14.2 Å². The molecule has 0 aliphatic carbocycles. The van der Waals surface area contributed by atoms with E-state index >= 15 is 0 Å². The van der Waals surface area contributed by atoms with Crippen LogP contribution >= 0.6 is 0 Å². The molecule has 0 amide bonds. The molecular formula is C15H25NO2. The molecule has 0 saturated heterocycles. The summed E-state index contributed by atoms with van der Waals surface area (Å²) in [7, 11) is 3.34. The van der Waals surface area contributed by atoms with E-state index < -0.39 is 0 Å². The number of nitrogens with two attached hydrogens (primary N) is 1. The van der Waals surface area contributed by atoms with Gasteiger partial charge in [-0.05, 0) is 48.1 Å². The van der Waals surface area contributed by atoms with E-state index in [-0.39, 0.29) is 0 Å². The minimum absolute atomic E-state index is 0.437. The highest BCUT2D eigenvalue weighted by Crippen LogP contribution is 2.37. The van der Waals surface area contributed by atoms with Crippen molar-refractivity contribution in [1.29, 1.82) is 0 Å². The molecule has 0 heterocycles. The van der Waals surface area contributed by atoms with Crippen LogP contribution in [0.15, 0.2) is 12.1 Å². The van der Waals surface area contributed by atoms with Crippen molar-refractivity contribution in [2.75, 3.05) is 20.8 Å². The monoisotopic (exact) mass is 251 g/mol. The largest absolute Gasteiger partial charge is 0.493 e. The van der Waals surface area contributed by atoms with Gasteiger partial charge >= 0.3 is 0 Å². The predicted octanol–water partition coefficient (Wildman–Crippen LogP) is 3.28. The number of benzene rings is 1. The van der Waals surface area contributed by atoms with Gasteiger partial charge in [0.25, 0.3) is 0 Å². The Morgan fingerprint density at radius 3 is 1.89 bits per heavy atom. The van der Waals surface area contributed by atoms with E-state index in [4.69, 9.17) is 15.2 Å². The van der Waals surface area contributed by atoms with E-state index in [1.54, 1.807) is 14.2 Å². The summed E-state index contributed by atoms with van der Waals surface area (Å²) in [5.74, 6) is 2.48. The van der Waals surface area contributed by atoms with Gasteiger partial charge < -0.3 is 15.2 Å². The molecule has 3 nitrogen and oxygen atoms in total. The molecule has 1 unspecified atom stereocenters. The van der Waals surface area contributed by atoms with E-state index in [0.717, 1.165) is 17.9 Å². The van der Waals surface area contributed by atoms with Gasteiger partial charge in [0.15, 0.2) is 11.5 Å². The Balaban J connectivity index is 3.28. The van der Waals surface area contributed by atoms with Crippen molar-refractivity contribution in [1.82, 2.24) is 0 Å². The smallest absolute Gasteiger partial charge is 0.161 e. The quantitative estimate of drug-likeness (QED) is 0.844. The molecule has 1 aromatic carbocycles. The summed E-state index contributed by atoms with van der Waals surface area (Å²) < 4.78 is 10.8. The van der Waals surface area contributed by atoms with Crippen LogP contribution in [0.5, 0.6) is 11.5 Å². The van der Waals surface area contributed by atoms with Crippen molar-refractivity contribution >= 4 is 0 Å². The maximum Gasteiger partial charge on any atom is 0.161 e. The second-order valence-corrected chi connectivity index (χ2v) is 4.97. The first kappa shape index (κ1) is 14.8. The molecule has 0 saturated carbocycles. The predicted molar refractivity (Wildman–Crippen MR) is 75.7 cm³/mol. The molecular weight excluding hydrogens is 226 g/mol. The van der Waals surface area contributed by atoms with E-state index in [9.17, 15) is 0 Å². The molecule has 2 N–H and O–H groups in total. The molecule has 0 bridgehead atoms. The summed E-state index contributed by atoms with van der Waals surface area (Å²) in [4.78, 5) is 0. The van der Waals surface area contributed by atoms with Gasteiger partial charge in [-0.25, -0.2) is 0 Å². The molecule has 0 spiro atoms. The van der Waals surface area contributed by atoms with Crippen LogP contribution in [0.2, 0.25) is 0 Å². The number of rotatable bonds is 6. The zero-order valence-corrected chi connectivity index (χ0v) is 12.1. The summed E-state index contributed by atoms with van der Waals surface area (Å²) in [6, 6.07) is 4.18. The summed E-state index contributed by atoms with van der Waals surface area (Å²) in [6.07, 6.45) is 0.981. The Bertz CT molecular complexity index is 388. The lowest BCUT2D eigenvalue weighted by Crippen LogP contribution is -2.08. The van der Waals surface area contributed by atoms with Crippen molar-refractivity contribution < 1.29 is 9.47 Å². The molecule has 102 valence electrons. The van der Waals surface area contributed by atoms with Crippen LogP contribution < -0.4 is 15.2 Å². The second-order valence-electron chi connectivity index (χ2n) is 4.97. The lowest BCUT2D eigenvalue weighted by Gasteiger charge is -2.21. The molecule has 1 aromatic rings. The number of methoxy groups -OCH3 is 2. The summed E-state index contributed by atoms with van der Waals surface area (Å²) in [5.41, 5.74) is 8.29. The molecule has 0 aliphatic rings. The zero-order chi connectivity index (χ0) is 13.7. The Morgan fingerprint density at radius 1 is 1.00 bits per heavy atom. The summed E-state index contributed by atoms with van der Waals surface area (Å²) in [6.45, 7) is 7.30. The van der Waals surface area contributed by atoms with Crippen LogP contribution in [0.4, 0.5) is 0 Å². The van der Waals surface area contributed by atoms with Crippen LogP contribution in [-0.4, -0.2) is 20.8 Å². The van der Waals surface area contributed by atoms with E-state index in [0.29, 0.717) is 18.4 Å². The molecule has 3 heteroatoms.